The van der Waals surface area contributed by atoms with Gasteiger partial charge >= 0.3 is 11.9 Å². The Labute approximate surface area is 229 Å². The first-order valence-corrected chi connectivity index (χ1v) is 17.0. The van der Waals surface area contributed by atoms with Crippen molar-refractivity contribution in [1.82, 2.24) is 0 Å². The van der Waals surface area contributed by atoms with E-state index in [0.29, 0.717) is 12.8 Å². The Hall–Kier alpha value is -1.61. The molecule has 0 amide bonds. The van der Waals surface area contributed by atoms with Crippen LogP contribution in [0.15, 0.2) is 47.4 Å². The Balaban J connectivity index is 2.33. The number of esters is 2. The Morgan fingerprint density at radius 3 is 2.35 bits per heavy atom. The number of allylic oxidation sites excluding steroid dienone is 2. The molecular weight excluding hydrogens is 504 g/mol. The van der Waals surface area contributed by atoms with Crippen molar-refractivity contribution in [3.05, 3.63) is 42.5 Å². The maximum atomic E-state index is 12.1. The van der Waals surface area contributed by atoms with Gasteiger partial charge in [0.05, 0.1) is 13.2 Å². The van der Waals surface area contributed by atoms with Crippen LogP contribution in [0.4, 0.5) is 0 Å². The topological polar surface area (TPSA) is 71.1 Å². The summed E-state index contributed by atoms with van der Waals surface area (Å²) in [5.74, 6) is -0.371. The molecule has 1 unspecified atom stereocenters. The summed E-state index contributed by atoms with van der Waals surface area (Å²) in [5, 5.41) is 0.0568. The lowest BCUT2D eigenvalue weighted by Crippen LogP contribution is -2.46. The monoisotopic (exact) mass is 550 g/mol. The standard InChI is InChI=1S/C29H46O6SSi/c1-21(30)34-24-20-25(35-37(7,8)29(2,3)4)27(28(33-6)36-22-16-12-11-13-17-22)23(24)18-14-9-10-15-19-26(31)32-5/h9,11-14,16-17,23-25,27-28H,10,15,18-20H2,1-8H3/b14-9-/t23-,24-,25+,27+,28?/m0/s1. The van der Waals surface area contributed by atoms with Crippen LogP contribution in [-0.2, 0) is 28.2 Å². The van der Waals surface area contributed by atoms with Gasteiger partial charge < -0.3 is 18.6 Å². The van der Waals surface area contributed by atoms with Crippen molar-refractivity contribution in [2.45, 2.75) is 100 Å². The van der Waals surface area contributed by atoms with E-state index in [0.717, 1.165) is 24.2 Å². The zero-order valence-electron chi connectivity index (χ0n) is 23.8. The lowest BCUT2D eigenvalue weighted by molar-refractivity contribution is -0.148. The molecule has 0 radical (unpaired) electrons. The Bertz CT molecular complexity index is 882. The molecule has 1 aromatic rings. The number of benzene rings is 1. The molecule has 37 heavy (non-hydrogen) atoms. The molecule has 0 spiro atoms. The number of unbranched alkanes of at least 4 members (excludes halogenated alkanes) is 1. The van der Waals surface area contributed by atoms with Gasteiger partial charge in [-0.25, -0.2) is 0 Å². The quantitative estimate of drug-likeness (QED) is 0.0654. The van der Waals surface area contributed by atoms with Crippen molar-refractivity contribution in [2.75, 3.05) is 14.2 Å². The number of carbonyl (C=O) groups excluding carboxylic acids is 2. The van der Waals surface area contributed by atoms with Crippen LogP contribution in [-0.4, -0.2) is 52.1 Å². The SMILES string of the molecule is COC(=O)CCC/C=C\C[C@@H]1[C@@H](C(OC)Sc2ccccc2)[C@H](O[Si](C)(C)C(C)(C)C)C[C@@H]1OC(C)=O. The molecule has 1 saturated carbocycles. The molecule has 8 heteroatoms. The number of hydrogen-bond donors (Lipinski definition) is 0. The molecule has 0 aliphatic heterocycles. The summed E-state index contributed by atoms with van der Waals surface area (Å²) < 4.78 is 23.7. The van der Waals surface area contributed by atoms with E-state index in [4.69, 9.17) is 18.6 Å². The second-order valence-electron chi connectivity index (χ2n) is 11.3. The minimum Gasteiger partial charge on any atom is -0.469 e. The van der Waals surface area contributed by atoms with Gasteiger partial charge in [0.15, 0.2) is 8.32 Å². The van der Waals surface area contributed by atoms with E-state index in [2.05, 4.69) is 58.2 Å². The van der Waals surface area contributed by atoms with E-state index in [9.17, 15) is 9.59 Å². The minimum atomic E-state index is -2.09. The number of methoxy groups -OCH3 is 2. The van der Waals surface area contributed by atoms with Crippen LogP contribution in [0.1, 0.15) is 59.8 Å². The molecule has 1 aliphatic carbocycles. The fourth-order valence-electron chi connectivity index (χ4n) is 4.56. The molecule has 1 aromatic carbocycles. The molecule has 0 saturated heterocycles. The van der Waals surface area contributed by atoms with E-state index in [1.54, 1.807) is 18.9 Å². The smallest absolute Gasteiger partial charge is 0.305 e. The summed E-state index contributed by atoms with van der Waals surface area (Å²) in [5.41, 5.74) is -0.157. The molecule has 5 atom stereocenters. The number of rotatable bonds is 13. The maximum absolute atomic E-state index is 12.1. The van der Waals surface area contributed by atoms with Gasteiger partial charge in [0.25, 0.3) is 0 Å². The molecule has 1 fully saturated rings. The second kappa shape index (κ2) is 14.5. The lowest BCUT2D eigenvalue weighted by Gasteiger charge is -2.41. The van der Waals surface area contributed by atoms with Gasteiger partial charge in [-0.3, -0.25) is 9.59 Å². The molecule has 6 nitrogen and oxygen atoms in total. The van der Waals surface area contributed by atoms with Gasteiger partial charge in [0, 0.05) is 43.6 Å². The highest BCUT2D eigenvalue weighted by Gasteiger charge is 2.52. The summed E-state index contributed by atoms with van der Waals surface area (Å²) in [7, 11) is 1.07. The van der Waals surface area contributed by atoms with Crippen LogP contribution in [0.5, 0.6) is 0 Å². The van der Waals surface area contributed by atoms with E-state index in [1.807, 2.05) is 18.2 Å². The molecule has 2 rings (SSSR count). The van der Waals surface area contributed by atoms with Crippen LogP contribution >= 0.6 is 11.8 Å². The number of ether oxygens (including phenoxy) is 3. The highest BCUT2D eigenvalue weighted by molar-refractivity contribution is 7.99. The van der Waals surface area contributed by atoms with Crippen molar-refractivity contribution in [2.24, 2.45) is 11.8 Å². The van der Waals surface area contributed by atoms with Gasteiger partial charge in [-0.2, -0.15) is 0 Å². The van der Waals surface area contributed by atoms with Crippen molar-refractivity contribution < 1.29 is 28.2 Å². The van der Waals surface area contributed by atoms with Gasteiger partial charge in [0.1, 0.15) is 11.5 Å². The largest absolute Gasteiger partial charge is 0.469 e. The normalized spacial score (nSPS) is 23.2. The highest BCUT2D eigenvalue weighted by atomic mass is 32.2. The second-order valence-corrected chi connectivity index (χ2v) is 17.2. The average Bonchev–Trinajstić information content (AvgIpc) is 3.14. The lowest BCUT2D eigenvalue weighted by atomic mass is 9.90. The van der Waals surface area contributed by atoms with Crippen LogP contribution in [0.25, 0.3) is 0 Å². The van der Waals surface area contributed by atoms with E-state index in [-0.39, 0.29) is 46.5 Å². The first-order chi connectivity index (χ1) is 17.4. The van der Waals surface area contributed by atoms with Gasteiger partial charge in [-0.05, 0) is 49.5 Å². The summed E-state index contributed by atoms with van der Waals surface area (Å²) in [6, 6.07) is 10.3. The molecule has 1 aliphatic rings. The molecular formula is C29H46O6SSi. The van der Waals surface area contributed by atoms with Crippen LogP contribution in [0.2, 0.25) is 18.1 Å². The Morgan fingerprint density at radius 2 is 1.78 bits per heavy atom. The predicted molar refractivity (Wildman–Crippen MR) is 152 cm³/mol. The molecule has 0 aromatic heterocycles. The van der Waals surface area contributed by atoms with Crippen LogP contribution in [0, 0.1) is 11.8 Å². The van der Waals surface area contributed by atoms with Crippen molar-refractivity contribution in [1.29, 1.82) is 0 Å². The first-order valence-electron chi connectivity index (χ1n) is 13.2. The molecule has 0 N–H and O–H groups in total. The predicted octanol–water partition coefficient (Wildman–Crippen LogP) is 7.00. The van der Waals surface area contributed by atoms with E-state index < -0.39 is 8.32 Å². The molecule has 0 bridgehead atoms. The fourth-order valence-corrected chi connectivity index (χ4v) is 7.13. The molecule has 208 valence electrons. The average molecular weight is 551 g/mol. The number of carbonyl (C=O) groups is 2. The molecule has 0 heterocycles. The third kappa shape index (κ3) is 9.57. The summed E-state index contributed by atoms with van der Waals surface area (Å²) in [6.45, 7) is 12.7. The summed E-state index contributed by atoms with van der Waals surface area (Å²) >= 11 is 1.70. The van der Waals surface area contributed by atoms with Gasteiger partial charge in [-0.15, -0.1) is 0 Å². The zero-order chi connectivity index (χ0) is 27.6. The zero-order valence-corrected chi connectivity index (χ0v) is 25.6. The third-order valence-corrected chi connectivity index (χ3v) is 13.3. The van der Waals surface area contributed by atoms with E-state index in [1.165, 1.54) is 14.0 Å². The summed E-state index contributed by atoms with van der Waals surface area (Å²) in [4.78, 5) is 24.6. The van der Waals surface area contributed by atoms with Crippen molar-refractivity contribution in [3.8, 4) is 0 Å². The van der Waals surface area contributed by atoms with Gasteiger partial charge in [0.2, 0.25) is 0 Å². The maximum Gasteiger partial charge on any atom is 0.305 e. The number of thioether (sulfide) groups is 1. The summed E-state index contributed by atoms with van der Waals surface area (Å²) in [6.07, 6.45) is 7.28. The van der Waals surface area contributed by atoms with E-state index >= 15 is 0 Å². The Kier molecular flexibility index (Phi) is 12.4. The van der Waals surface area contributed by atoms with Crippen LogP contribution in [0.3, 0.4) is 0 Å². The first kappa shape index (κ1) is 31.6. The number of hydrogen-bond acceptors (Lipinski definition) is 7. The third-order valence-electron chi connectivity index (χ3n) is 7.53. The highest BCUT2D eigenvalue weighted by Crippen LogP contribution is 2.48. The van der Waals surface area contributed by atoms with Crippen LogP contribution < -0.4 is 0 Å². The van der Waals surface area contributed by atoms with Gasteiger partial charge in [-0.1, -0.05) is 62.9 Å². The minimum absolute atomic E-state index is 0.0356. The van der Waals surface area contributed by atoms with Crippen molar-refractivity contribution >= 4 is 32.0 Å². The van der Waals surface area contributed by atoms with Crippen molar-refractivity contribution in [3.63, 3.8) is 0 Å². The Morgan fingerprint density at radius 1 is 1.11 bits per heavy atom. The fraction of sp³-hybridized carbons (Fsp3) is 0.655.